The van der Waals surface area contributed by atoms with Crippen molar-refractivity contribution in [2.75, 3.05) is 17.6 Å². The van der Waals surface area contributed by atoms with Gasteiger partial charge in [0.1, 0.15) is 0 Å². The summed E-state index contributed by atoms with van der Waals surface area (Å²) in [5, 5.41) is 3.19. The fourth-order valence-corrected chi connectivity index (χ4v) is 3.29. The topological polar surface area (TPSA) is 66.5 Å². The van der Waals surface area contributed by atoms with Crippen LogP contribution in [0.3, 0.4) is 0 Å². The van der Waals surface area contributed by atoms with Gasteiger partial charge in [0.25, 0.3) is 5.91 Å². The number of nitrogens with zero attached hydrogens (tertiary/aromatic N) is 1. The van der Waals surface area contributed by atoms with E-state index >= 15 is 0 Å². The number of halogens is 1. The van der Waals surface area contributed by atoms with Crippen molar-refractivity contribution in [2.24, 2.45) is 0 Å². The van der Waals surface area contributed by atoms with Gasteiger partial charge in [-0.15, -0.1) is 0 Å². The first-order valence-electron chi connectivity index (χ1n) is 8.24. The molecule has 1 amide bonds. The van der Waals surface area contributed by atoms with Crippen molar-refractivity contribution in [1.82, 2.24) is 5.32 Å². The minimum atomic E-state index is -3.39. The second-order valence-electron chi connectivity index (χ2n) is 6.24. The summed E-state index contributed by atoms with van der Waals surface area (Å²) < 4.78 is 24.4. The molecule has 1 unspecified atom stereocenters. The number of rotatable bonds is 6. The summed E-state index contributed by atoms with van der Waals surface area (Å²) in [5.74, 6) is -0.295. The standard InChI is InChI=1S/C19H23ClN2O3S/c1-5-18(14-8-6-13(2)7-9-14)21-19(23)16-11-10-15(12-17(16)20)22(3)26(4,24)25/h6-12,18H,5H2,1-4H3,(H,21,23). The van der Waals surface area contributed by atoms with Crippen LogP contribution in [0.5, 0.6) is 0 Å². The van der Waals surface area contributed by atoms with Crippen LogP contribution in [0.1, 0.15) is 40.9 Å². The fourth-order valence-electron chi connectivity index (χ4n) is 2.53. The molecular formula is C19H23ClN2O3S. The first-order valence-corrected chi connectivity index (χ1v) is 10.5. The highest BCUT2D eigenvalue weighted by atomic mass is 35.5. The van der Waals surface area contributed by atoms with E-state index in [9.17, 15) is 13.2 Å². The van der Waals surface area contributed by atoms with Crippen molar-refractivity contribution >= 4 is 33.2 Å². The number of aryl methyl sites for hydroxylation is 1. The van der Waals surface area contributed by atoms with Crippen LogP contribution >= 0.6 is 11.6 Å². The zero-order chi connectivity index (χ0) is 19.5. The molecule has 2 aromatic carbocycles. The summed E-state index contributed by atoms with van der Waals surface area (Å²) in [6, 6.07) is 12.5. The van der Waals surface area contributed by atoms with E-state index in [4.69, 9.17) is 11.6 Å². The van der Waals surface area contributed by atoms with Crippen molar-refractivity contribution in [3.8, 4) is 0 Å². The average Bonchev–Trinajstić information content (AvgIpc) is 2.58. The number of nitrogens with one attached hydrogen (secondary N) is 1. The summed E-state index contributed by atoms with van der Waals surface area (Å²) in [6.45, 7) is 4.01. The molecule has 0 spiro atoms. The first kappa shape index (κ1) is 20.3. The lowest BCUT2D eigenvalue weighted by Crippen LogP contribution is -2.29. The molecule has 140 valence electrons. The summed E-state index contributed by atoms with van der Waals surface area (Å²) >= 11 is 6.23. The van der Waals surface area contributed by atoms with Gasteiger partial charge >= 0.3 is 0 Å². The van der Waals surface area contributed by atoms with Gasteiger partial charge in [0.2, 0.25) is 10.0 Å². The fraction of sp³-hybridized carbons (Fsp3) is 0.316. The van der Waals surface area contributed by atoms with E-state index in [1.807, 2.05) is 38.1 Å². The zero-order valence-electron chi connectivity index (χ0n) is 15.3. The van der Waals surface area contributed by atoms with E-state index < -0.39 is 10.0 Å². The van der Waals surface area contributed by atoms with Gasteiger partial charge in [0.15, 0.2) is 0 Å². The third-order valence-electron chi connectivity index (χ3n) is 4.25. The van der Waals surface area contributed by atoms with Crippen LogP contribution in [-0.2, 0) is 10.0 Å². The zero-order valence-corrected chi connectivity index (χ0v) is 16.9. The van der Waals surface area contributed by atoms with Crippen LogP contribution in [0.4, 0.5) is 5.69 Å². The molecule has 2 rings (SSSR count). The molecule has 26 heavy (non-hydrogen) atoms. The number of sulfonamides is 1. The van der Waals surface area contributed by atoms with Gasteiger partial charge in [-0.2, -0.15) is 0 Å². The van der Waals surface area contributed by atoms with Crippen LogP contribution in [0.2, 0.25) is 5.02 Å². The Balaban J connectivity index is 2.22. The lowest BCUT2D eigenvalue weighted by molar-refractivity contribution is 0.0935. The van der Waals surface area contributed by atoms with Crippen molar-refractivity contribution in [2.45, 2.75) is 26.3 Å². The van der Waals surface area contributed by atoms with Crippen molar-refractivity contribution in [1.29, 1.82) is 0 Å². The van der Waals surface area contributed by atoms with Crippen molar-refractivity contribution in [3.05, 3.63) is 64.2 Å². The molecule has 1 atom stereocenters. The van der Waals surface area contributed by atoms with Gasteiger partial charge in [0.05, 0.1) is 28.6 Å². The number of hydrogen-bond donors (Lipinski definition) is 1. The maximum Gasteiger partial charge on any atom is 0.253 e. The number of carbonyl (C=O) groups excluding carboxylic acids is 1. The molecule has 1 N–H and O–H groups in total. The molecule has 0 radical (unpaired) electrons. The second-order valence-corrected chi connectivity index (χ2v) is 8.66. The van der Waals surface area contributed by atoms with Gasteiger partial charge in [-0.05, 0) is 37.1 Å². The van der Waals surface area contributed by atoms with Crippen LogP contribution in [-0.4, -0.2) is 27.6 Å². The summed E-state index contributed by atoms with van der Waals surface area (Å²) in [7, 11) is -1.96. The predicted octanol–water partition coefficient (Wildman–Crippen LogP) is 3.93. The highest BCUT2D eigenvalue weighted by Gasteiger charge is 2.19. The minimum absolute atomic E-state index is 0.127. The Kier molecular flexibility index (Phi) is 6.31. The molecule has 0 aromatic heterocycles. The van der Waals surface area contributed by atoms with E-state index in [0.717, 1.165) is 28.1 Å². The Morgan fingerprint density at radius 2 is 1.81 bits per heavy atom. The first-order chi connectivity index (χ1) is 12.1. The van der Waals surface area contributed by atoms with E-state index in [1.54, 1.807) is 6.07 Å². The molecule has 0 saturated heterocycles. The average molecular weight is 395 g/mol. The lowest BCUT2D eigenvalue weighted by atomic mass is 10.0. The number of carbonyl (C=O) groups is 1. The molecule has 0 fully saturated rings. The number of hydrogen-bond acceptors (Lipinski definition) is 3. The second kappa shape index (κ2) is 8.10. The normalized spacial score (nSPS) is 12.5. The summed E-state index contributed by atoms with van der Waals surface area (Å²) in [4.78, 5) is 12.6. The van der Waals surface area contributed by atoms with Gasteiger partial charge in [0, 0.05) is 7.05 Å². The molecule has 0 bridgehead atoms. The monoisotopic (exact) mass is 394 g/mol. The third kappa shape index (κ3) is 4.77. The maximum atomic E-state index is 12.6. The summed E-state index contributed by atoms with van der Waals surface area (Å²) in [5.41, 5.74) is 2.89. The molecule has 5 nitrogen and oxygen atoms in total. The summed E-state index contributed by atoms with van der Waals surface area (Å²) in [6.07, 6.45) is 1.84. The highest BCUT2D eigenvalue weighted by molar-refractivity contribution is 7.92. The van der Waals surface area contributed by atoms with Crippen molar-refractivity contribution < 1.29 is 13.2 Å². The van der Waals surface area contributed by atoms with Crippen LogP contribution in [0.15, 0.2) is 42.5 Å². The molecule has 7 heteroatoms. The van der Waals surface area contributed by atoms with Gasteiger partial charge in [-0.1, -0.05) is 48.4 Å². The van der Waals surface area contributed by atoms with Crippen molar-refractivity contribution in [3.63, 3.8) is 0 Å². The quantitative estimate of drug-likeness (QED) is 0.807. The van der Waals surface area contributed by atoms with E-state index in [2.05, 4.69) is 5.32 Å². The Labute approximate surface area is 160 Å². The molecule has 0 saturated carbocycles. The SMILES string of the molecule is CCC(NC(=O)c1ccc(N(C)S(C)(=O)=O)cc1Cl)c1ccc(C)cc1. The lowest BCUT2D eigenvalue weighted by Gasteiger charge is -2.20. The Bertz CT molecular complexity index is 896. The van der Waals surface area contributed by atoms with Gasteiger partial charge in [-0.3, -0.25) is 9.10 Å². The molecular weight excluding hydrogens is 372 g/mol. The Morgan fingerprint density at radius 1 is 1.19 bits per heavy atom. The maximum absolute atomic E-state index is 12.6. The van der Waals surface area contributed by atoms with Gasteiger partial charge < -0.3 is 5.32 Å². The van der Waals surface area contributed by atoms with E-state index in [-0.39, 0.29) is 17.0 Å². The smallest absolute Gasteiger partial charge is 0.253 e. The largest absolute Gasteiger partial charge is 0.345 e. The molecule has 0 heterocycles. The highest BCUT2D eigenvalue weighted by Crippen LogP contribution is 2.25. The number of benzene rings is 2. The van der Waals surface area contributed by atoms with Crippen LogP contribution < -0.4 is 9.62 Å². The Hall–Kier alpha value is -2.05. The predicted molar refractivity (Wildman–Crippen MR) is 106 cm³/mol. The van der Waals surface area contributed by atoms with Crippen LogP contribution in [0.25, 0.3) is 0 Å². The Morgan fingerprint density at radius 3 is 2.31 bits per heavy atom. The molecule has 0 aliphatic carbocycles. The van der Waals surface area contributed by atoms with E-state index in [1.165, 1.54) is 19.2 Å². The van der Waals surface area contributed by atoms with E-state index in [0.29, 0.717) is 11.3 Å². The third-order valence-corrected chi connectivity index (χ3v) is 5.77. The number of amides is 1. The molecule has 0 aliphatic rings. The van der Waals surface area contributed by atoms with Crippen LogP contribution in [0, 0.1) is 6.92 Å². The molecule has 0 aliphatic heterocycles. The number of anilines is 1. The van der Waals surface area contributed by atoms with Gasteiger partial charge in [-0.25, -0.2) is 8.42 Å². The minimum Gasteiger partial charge on any atom is -0.345 e. The molecule has 2 aromatic rings.